The first-order valence-electron chi connectivity index (χ1n) is 9.11. The number of carbonyl (C=O) groups is 1. The molecular formula is C23H18FN3OS. The van der Waals surface area contributed by atoms with E-state index in [1.165, 1.54) is 41.6 Å². The minimum Gasteiger partial charge on any atom is -0.293 e. The maximum absolute atomic E-state index is 13.1. The lowest BCUT2D eigenvalue weighted by atomic mass is 10.1. The van der Waals surface area contributed by atoms with Crippen molar-refractivity contribution >= 4 is 17.5 Å². The first-order chi connectivity index (χ1) is 14.1. The molecule has 0 aliphatic carbocycles. The van der Waals surface area contributed by atoms with Gasteiger partial charge in [0.15, 0.2) is 16.8 Å². The number of thioether (sulfide) groups is 1. The summed E-state index contributed by atoms with van der Waals surface area (Å²) in [5, 5.41) is 9.35. The molecule has 6 heteroatoms. The van der Waals surface area contributed by atoms with Crippen LogP contribution in [0, 0.1) is 12.7 Å². The lowest BCUT2D eigenvalue weighted by molar-refractivity contribution is 0.102. The number of aryl methyl sites for hydroxylation is 1. The predicted octanol–water partition coefficient (Wildman–Crippen LogP) is 5.36. The first-order valence-corrected chi connectivity index (χ1v) is 10.1. The lowest BCUT2D eigenvalue weighted by Crippen LogP contribution is -2.05. The van der Waals surface area contributed by atoms with Crippen LogP contribution in [0.4, 0.5) is 4.39 Å². The Morgan fingerprint density at radius 2 is 1.62 bits per heavy atom. The quantitative estimate of drug-likeness (QED) is 0.321. The molecule has 1 heterocycles. The Morgan fingerprint density at radius 1 is 0.931 bits per heavy atom. The van der Waals surface area contributed by atoms with Gasteiger partial charge in [-0.15, -0.1) is 10.2 Å². The van der Waals surface area contributed by atoms with E-state index < -0.39 is 0 Å². The van der Waals surface area contributed by atoms with Gasteiger partial charge in [-0.2, -0.15) is 0 Å². The molecule has 29 heavy (non-hydrogen) atoms. The van der Waals surface area contributed by atoms with Crippen molar-refractivity contribution in [1.29, 1.82) is 0 Å². The molecule has 4 rings (SSSR count). The Kier molecular flexibility index (Phi) is 5.53. The average molecular weight is 403 g/mol. The number of halogens is 1. The number of para-hydroxylation sites is 1. The van der Waals surface area contributed by atoms with Crippen LogP contribution in [0.5, 0.6) is 0 Å². The Hall–Kier alpha value is -3.25. The number of aromatic nitrogens is 3. The third-order valence-corrected chi connectivity index (χ3v) is 5.39. The van der Waals surface area contributed by atoms with Crippen molar-refractivity contribution < 1.29 is 9.18 Å². The smallest absolute Gasteiger partial charge is 0.196 e. The summed E-state index contributed by atoms with van der Waals surface area (Å²) in [6, 6.07) is 23.5. The largest absolute Gasteiger partial charge is 0.293 e. The summed E-state index contributed by atoms with van der Waals surface area (Å²) in [7, 11) is 0. The third kappa shape index (κ3) is 4.27. The highest BCUT2D eigenvalue weighted by Gasteiger charge is 2.17. The fourth-order valence-corrected chi connectivity index (χ4v) is 3.76. The Balaban J connectivity index is 1.65. The van der Waals surface area contributed by atoms with E-state index in [1.807, 2.05) is 66.1 Å². The molecule has 1 aromatic heterocycles. The Morgan fingerprint density at radius 3 is 2.31 bits per heavy atom. The van der Waals surface area contributed by atoms with Gasteiger partial charge in [0, 0.05) is 16.8 Å². The van der Waals surface area contributed by atoms with Crippen LogP contribution in [0.2, 0.25) is 0 Å². The molecular weight excluding hydrogens is 385 g/mol. The van der Waals surface area contributed by atoms with Crippen molar-refractivity contribution in [2.24, 2.45) is 0 Å². The normalized spacial score (nSPS) is 10.8. The van der Waals surface area contributed by atoms with Gasteiger partial charge in [-0.25, -0.2) is 4.39 Å². The van der Waals surface area contributed by atoms with Gasteiger partial charge in [0.25, 0.3) is 0 Å². The standard InChI is InChI=1S/C23H18FN3OS/c1-16-7-9-18(10-8-16)22-25-26-23(27(22)20-5-3-2-4-6-20)29-15-21(28)17-11-13-19(24)14-12-17/h2-14H,15H2,1H3. The van der Waals surface area contributed by atoms with Gasteiger partial charge >= 0.3 is 0 Å². The van der Waals surface area contributed by atoms with E-state index in [1.54, 1.807) is 0 Å². The van der Waals surface area contributed by atoms with E-state index in [-0.39, 0.29) is 17.4 Å². The summed E-state index contributed by atoms with van der Waals surface area (Å²) in [5.41, 5.74) is 3.51. The van der Waals surface area contributed by atoms with E-state index in [4.69, 9.17) is 0 Å². The molecule has 0 aliphatic rings. The van der Waals surface area contributed by atoms with Crippen molar-refractivity contribution in [3.63, 3.8) is 0 Å². The second kappa shape index (κ2) is 8.41. The van der Waals surface area contributed by atoms with Crippen molar-refractivity contribution in [3.05, 3.63) is 95.8 Å². The van der Waals surface area contributed by atoms with Crippen LogP contribution in [0.3, 0.4) is 0 Å². The first kappa shape index (κ1) is 19.1. The van der Waals surface area contributed by atoms with Crippen molar-refractivity contribution in [2.75, 3.05) is 5.75 Å². The average Bonchev–Trinajstić information content (AvgIpc) is 3.17. The SMILES string of the molecule is Cc1ccc(-c2nnc(SCC(=O)c3ccc(F)cc3)n2-c2ccccc2)cc1. The summed E-state index contributed by atoms with van der Waals surface area (Å²) < 4.78 is 15.0. The van der Waals surface area contributed by atoms with Crippen molar-refractivity contribution in [3.8, 4) is 17.1 Å². The van der Waals surface area contributed by atoms with Gasteiger partial charge < -0.3 is 0 Å². The van der Waals surface area contributed by atoms with Gasteiger partial charge in [-0.05, 0) is 43.3 Å². The van der Waals surface area contributed by atoms with Gasteiger partial charge in [0.05, 0.1) is 5.75 Å². The predicted molar refractivity (Wildman–Crippen MR) is 113 cm³/mol. The second-order valence-corrected chi connectivity index (χ2v) is 7.50. The van der Waals surface area contributed by atoms with Gasteiger partial charge in [0.2, 0.25) is 0 Å². The Bertz CT molecular complexity index is 1120. The number of benzene rings is 3. The van der Waals surface area contributed by atoms with Gasteiger partial charge in [-0.3, -0.25) is 9.36 Å². The molecule has 0 spiro atoms. The zero-order valence-electron chi connectivity index (χ0n) is 15.7. The fourth-order valence-electron chi connectivity index (χ4n) is 2.91. The van der Waals surface area contributed by atoms with Crippen molar-refractivity contribution in [2.45, 2.75) is 12.1 Å². The van der Waals surface area contributed by atoms with Crippen LogP contribution in [-0.2, 0) is 0 Å². The van der Waals surface area contributed by atoms with E-state index in [2.05, 4.69) is 10.2 Å². The monoisotopic (exact) mass is 403 g/mol. The lowest BCUT2D eigenvalue weighted by Gasteiger charge is -2.10. The minimum atomic E-state index is -0.360. The van der Waals surface area contributed by atoms with E-state index >= 15 is 0 Å². The molecule has 0 radical (unpaired) electrons. The van der Waals surface area contributed by atoms with Crippen molar-refractivity contribution in [1.82, 2.24) is 14.8 Å². The number of hydrogen-bond acceptors (Lipinski definition) is 4. The number of hydrogen-bond donors (Lipinski definition) is 0. The zero-order chi connectivity index (χ0) is 20.2. The maximum atomic E-state index is 13.1. The molecule has 0 unspecified atom stereocenters. The molecule has 0 N–H and O–H groups in total. The summed E-state index contributed by atoms with van der Waals surface area (Å²) in [6.45, 7) is 2.04. The highest BCUT2D eigenvalue weighted by Crippen LogP contribution is 2.28. The van der Waals surface area contributed by atoms with Crippen LogP contribution >= 0.6 is 11.8 Å². The van der Waals surface area contributed by atoms with Gasteiger partial charge in [0.1, 0.15) is 5.82 Å². The second-order valence-electron chi connectivity index (χ2n) is 6.56. The molecule has 4 aromatic rings. The van der Waals surface area contributed by atoms with Crippen LogP contribution in [0.15, 0.2) is 84.0 Å². The highest BCUT2D eigenvalue weighted by molar-refractivity contribution is 7.99. The molecule has 0 amide bonds. The zero-order valence-corrected chi connectivity index (χ0v) is 16.6. The van der Waals surface area contributed by atoms with E-state index in [0.29, 0.717) is 16.5 Å². The number of ketones is 1. The Labute approximate surface area is 172 Å². The summed E-state index contributed by atoms with van der Waals surface area (Å²) in [4.78, 5) is 12.5. The highest BCUT2D eigenvalue weighted by atomic mass is 32.2. The van der Waals surface area contributed by atoms with Crippen LogP contribution < -0.4 is 0 Å². The number of Topliss-reactive ketones (excluding diaryl/α,β-unsaturated/α-hetero) is 1. The van der Waals surface area contributed by atoms with E-state index in [9.17, 15) is 9.18 Å². The minimum absolute atomic E-state index is 0.0884. The topological polar surface area (TPSA) is 47.8 Å². The summed E-state index contributed by atoms with van der Waals surface area (Å²) >= 11 is 1.31. The van der Waals surface area contributed by atoms with Crippen LogP contribution in [0.25, 0.3) is 17.1 Å². The third-order valence-electron chi connectivity index (χ3n) is 4.46. The summed E-state index contributed by atoms with van der Waals surface area (Å²) in [5.74, 6) is 0.452. The molecule has 0 saturated heterocycles. The van der Waals surface area contributed by atoms with Gasteiger partial charge in [-0.1, -0.05) is 59.8 Å². The summed E-state index contributed by atoms with van der Waals surface area (Å²) in [6.07, 6.45) is 0. The molecule has 4 nitrogen and oxygen atoms in total. The number of rotatable bonds is 6. The van der Waals surface area contributed by atoms with Crippen LogP contribution in [0.1, 0.15) is 15.9 Å². The van der Waals surface area contributed by atoms with Crippen LogP contribution in [-0.4, -0.2) is 26.3 Å². The number of nitrogens with zero attached hydrogens (tertiary/aromatic N) is 3. The molecule has 0 fully saturated rings. The molecule has 0 atom stereocenters. The molecule has 0 aliphatic heterocycles. The molecule has 0 bridgehead atoms. The maximum Gasteiger partial charge on any atom is 0.196 e. The molecule has 0 saturated carbocycles. The molecule has 144 valence electrons. The molecule has 3 aromatic carbocycles. The van der Waals surface area contributed by atoms with E-state index in [0.717, 1.165) is 11.3 Å². The fraction of sp³-hybridized carbons (Fsp3) is 0.0870. The number of carbonyl (C=O) groups excluding carboxylic acids is 1.